The molecule has 6 nitrogen and oxygen atoms in total. The van der Waals surface area contributed by atoms with Gasteiger partial charge in [0.05, 0.1) is 15.9 Å². The fraction of sp³-hybridized carbons (Fsp3) is 0.333. The molecule has 0 unspecified atom stereocenters. The molecule has 1 fully saturated rings. The molecule has 12 heteroatoms. The Balaban J connectivity index is 1.50. The van der Waals surface area contributed by atoms with Crippen molar-refractivity contribution >= 4 is 44.3 Å². The first-order chi connectivity index (χ1) is 14.2. The average Bonchev–Trinajstić information content (AvgIpc) is 3.08. The number of fused-ring (bicyclic) bond motifs is 1. The normalized spacial score (nSPS) is 16.6. The minimum atomic E-state index is -4.60. The summed E-state index contributed by atoms with van der Waals surface area (Å²) in [5, 5.41) is 2.52. The van der Waals surface area contributed by atoms with Crippen molar-refractivity contribution in [1.82, 2.24) is 19.9 Å². The summed E-state index contributed by atoms with van der Waals surface area (Å²) in [6, 6.07) is 3.49. The van der Waals surface area contributed by atoms with Crippen molar-refractivity contribution in [1.29, 1.82) is 0 Å². The number of amides is 2. The molecular formula is C18H14ClF4N5OS. The Hall–Kier alpha value is -2.53. The van der Waals surface area contributed by atoms with Gasteiger partial charge < -0.3 is 4.90 Å². The number of benzene rings is 1. The molecule has 4 rings (SSSR count). The highest BCUT2D eigenvalue weighted by atomic mass is 35.5. The highest BCUT2D eigenvalue weighted by Gasteiger charge is 2.59. The number of urea groups is 1. The number of carbonyl (C=O) groups is 1. The van der Waals surface area contributed by atoms with Crippen molar-refractivity contribution < 1.29 is 22.4 Å². The van der Waals surface area contributed by atoms with Gasteiger partial charge in [-0.15, -0.1) is 0 Å². The summed E-state index contributed by atoms with van der Waals surface area (Å²) in [6.07, 6.45) is -3.00. The number of likely N-dealkylation sites (tertiary alicyclic amines) is 1. The van der Waals surface area contributed by atoms with Crippen molar-refractivity contribution in [3.63, 3.8) is 0 Å². The van der Waals surface area contributed by atoms with Gasteiger partial charge in [0.2, 0.25) is 0 Å². The molecular weight excluding hydrogens is 446 g/mol. The monoisotopic (exact) mass is 459 g/mol. The zero-order chi connectivity index (χ0) is 21.5. The first-order valence-corrected chi connectivity index (χ1v) is 10.0. The lowest BCUT2D eigenvalue weighted by atomic mass is 9.75. The number of hydrogen-bond donors (Lipinski definition) is 1. The second kappa shape index (κ2) is 7.62. The molecule has 0 aliphatic carbocycles. The van der Waals surface area contributed by atoms with Crippen molar-refractivity contribution in [3.05, 3.63) is 47.3 Å². The van der Waals surface area contributed by atoms with E-state index in [-0.39, 0.29) is 29.1 Å². The summed E-state index contributed by atoms with van der Waals surface area (Å²) in [4.78, 5) is 25.5. The number of aromatic nitrogens is 3. The molecule has 1 N–H and O–H groups in total. The molecule has 2 aromatic heterocycles. The molecule has 30 heavy (non-hydrogen) atoms. The van der Waals surface area contributed by atoms with Crippen LogP contribution in [-0.2, 0) is 5.41 Å². The lowest BCUT2D eigenvalue weighted by Gasteiger charge is -2.42. The minimum absolute atomic E-state index is 0.155. The Morgan fingerprint density at radius 1 is 1.20 bits per heavy atom. The third-order valence-electron chi connectivity index (χ3n) is 5.12. The summed E-state index contributed by atoms with van der Waals surface area (Å²) in [5.74, 6) is -0.451. The summed E-state index contributed by atoms with van der Waals surface area (Å²) in [6.45, 7) is -0.310. The van der Waals surface area contributed by atoms with E-state index in [9.17, 15) is 22.4 Å². The number of nitrogens with zero attached hydrogens (tertiary/aromatic N) is 4. The Morgan fingerprint density at radius 2 is 1.90 bits per heavy atom. The van der Waals surface area contributed by atoms with E-state index in [1.54, 1.807) is 6.07 Å². The molecule has 3 aromatic rings. The van der Waals surface area contributed by atoms with Crippen LogP contribution in [-0.4, -0.2) is 45.1 Å². The summed E-state index contributed by atoms with van der Waals surface area (Å²) in [5.41, 5.74) is -2.21. The number of halogens is 5. The third kappa shape index (κ3) is 3.67. The maximum atomic E-state index is 14.0. The van der Waals surface area contributed by atoms with Crippen molar-refractivity contribution in [2.24, 2.45) is 0 Å². The van der Waals surface area contributed by atoms with Crippen molar-refractivity contribution in [2.75, 3.05) is 18.4 Å². The number of nitrogens with one attached hydrogen (secondary N) is 1. The Morgan fingerprint density at radius 3 is 2.57 bits per heavy atom. The number of rotatable bonds is 2. The Labute approximate surface area is 176 Å². The van der Waals surface area contributed by atoms with Gasteiger partial charge in [-0.05, 0) is 25.0 Å². The fourth-order valence-corrected chi connectivity index (χ4v) is 4.63. The average molecular weight is 460 g/mol. The topological polar surface area (TPSA) is 71.0 Å². The highest BCUT2D eigenvalue weighted by Crippen LogP contribution is 2.49. The van der Waals surface area contributed by atoms with Crippen LogP contribution in [0.1, 0.15) is 18.5 Å². The van der Waals surface area contributed by atoms with Gasteiger partial charge >= 0.3 is 12.2 Å². The van der Waals surface area contributed by atoms with Crippen molar-refractivity contribution in [2.45, 2.75) is 24.4 Å². The number of alkyl halides is 3. The van der Waals surface area contributed by atoms with E-state index >= 15 is 0 Å². The van der Waals surface area contributed by atoms with E-state index in [2.05, 4.69) is 20.3 Å². The second-order valence-electron chi connectivity index (χ2n) is 6.82. The van der Waals surface area contributed by atoms with Crippen molar-refractivity contribution in [3.8, 4) is 0 Å². The highest BCUT2D eigenvalue weighted by molar-refractivity contribution is 7.22. The molecule has 0 atom stereocenters. The maximum absolute atomic E-state index is 14.0. The molecule has 1 aliphatic rings. The van der Waals surface area contributed by atoms with Gasteiger partial charge in [-0.25, -0.2) is 19.2 Å². The molecule has 0 radical (unpaired) electrons. The summed E-state index contributed by atoms with van der Waals surface area (Å²) >= 11 is 7.06. The van der Waals surface area contributed by atoms with Crippen LogP contribution in [0.15, 0.2) is 30.6 Å². The number of carbonyl (C=O) groups excluding carboxylic acids is 1. The number of anilines is 1. The van der Waals surface area contributed by atoms with Crippen LogP contribution >= 0.6 is 22.9 Å². The SMILES string of the molecule is O=C(Nc1nc2cc(F)ccc2s1)N1CCC(c2nccnc2Cl)(C(F)(F)F)CC1. The lowest BCUT2D eigenvalue weighted by molar-refractivity contribution is -0.202. The van der Waals surface area contributed by atoms with Crippen LogP contribution in [0.25, 0.3) is 10.2 Å². The zero-order valence-electron chi connectivity index (χ0n) is 15.2. The molecule has 1 aliphatic heterocycles. The number of hydrogen-bond acceptors (Lipinski definition) is 5. The molecule has 0 spiro atoms. The van der Waals surface area contributed by atoms with Gasteiger partial charge in [-0.2, -0.15) is 13.2 Å². The van der Waals surface area contributed by atoms with Gasteiger partial charge in [0.25, 0.3) is 0 Å². The van der Waals surface area contributed by atoms with Gasteiger partial charge in [0.1, 0.15) is 11.2 Å². The maximum Gasteiger partial charge on any atom is 0.400 e. The van der Waals surface area contributed by atoms with Crippen LogP contribution in [0.4, 0.5) is 27.5 Å². The predicted molar refractivity (Wildman–Crippen MR) is 104 cm³/mol. The standard InChI is InChI=1S/C18H14ClF4N5OS/c19-14-13(24-5-6-25-14)17(18(21,22)23)3-7-28(8-4-17)16(29)27-15-26-11-9-10(20)1-2-12(11)30-15/h1-2,5-6,9H,3-4,7-8H2,(H,26,27,29). The smallest absolute Gasteiger partial charge is 0.324 e. The quantitative estimate of drug-likeness (QED) is 0.547. The molecule has 1 saturated heterocycles. The van der Waals surface area contributed by atoms with E-state index in [0.717, 1.165) is 11.3 Å². The van der Waals surface area contributed by atoms with E-state index < -0.39 is 36.3 Å². The van der Waals surface area contributed by atoms with Crippen LogP contribution < -0.4 is 5.32 Å². The van der Waals surface area contributed by atoms with E-state index in [1.165, 1.54) is 29.4 Å². The Kier molecular flexibility index (Phi) is 5.27. The zero-order valence-corrected chi connectivity index (χ0v) is 16.8. The lowest BCUT2D eigenvalue weighted by Crippen LogP contribution is -2.53. The summed E-state index contributed by atoms with van der Waals surface area (Å²) < 4.78 is 56.0. The largest absolute Gasteiger partial charge is 0.400 e. The first kappa shape index (κ1) is 20.7. The number of piperidine rings is 1. The van der Waals surface area contributed by atoms with E-state index in [4.69, 9.17) is 11.6 Å². The van der Waals surface area contributed by atoms with E-state index in [1.807, 2.05) is 0 Å². The molecule has 3 heterocycles. The molecule has 0 saturated carbocycles. The third-order valence-corrected chi connectivity index (χ3v) is 6.35. The van der Waals surface area contributed by atoms with Gasteiger partial charge in [0.15, 0.2) is 10.3 Å². The molecule has 0 bridgehead atoms. The summed E-state index contributed by atoms with van der Waals surface area (Å²) in [7, 11) is 0. The molecule has 2 amide bonds. The fourth-order valence-electron chi connectivity index (χ4n) is 3.51. The van der Waals surface area contributed by atoms with Crippen LogP contribution in [0.5, 0.6) is 0 Å². The second-order valence-corrected chi connectivity index (χ2v) is 8.21. The van der Waals surface area contributed by atoms with Gasteiger partial charge in [-0.3, -0.25) is 10.3 Å². The molecule has 158 valence electrons. The number of thiazole rings is 1. The van der Waals surface area contributed by atoms with Crippen LogP contribution in [0.3, 0.4) is 0 Å². The van der Waals surface area contributed by atoms with Crippen LogP contribution in [0, 0.1) is 5.82 Å². The predicted octanol–water partition coefficient (Wildman–Crippen LogP) is 5.01. The molecule has 1 aromatic carbocycles. The first-order valence-electron chi connectivity index (χ1n) is 8.85. The Bertz CT molecular complexity index is 1100. The van der Waals surface area contributed by atoms with E-state index in [0.29, 0.717) is 10.2 Å². The van der Waals surface area contributed by atoms with Crippen LogP contribution in [0.2, 0.25) is 5.15 Å². The minimum Gasteiger partial charge on any atom is -0.324 e. The van der Waals surface area contributed by atoms with Gasteiger partial charge in [-0.1, -0.05) is 22.9 Å². The van der Waals surface area contributed by atoms with Gasteiger partial charge in [0, 0.05) is 31.5 Å².